The smallest absolute Gasteiger partial charge is 0.0351 e. The Morgan fingerprint density at radius 2 is 1.75 bits per heavy atom. The molecule has 1 saturated carbocycles. The van der Waals surface area contributed by atoms with Crippen molar-refractivity contribution in [1.29, 1.82) is 0 Å². The Labute approximate surface area is 77.4 Å². The topological polar surface area (TPSA) is 43.1 Å². The van der Waals surface area contributed by atoms with Crippen LogP contribution in [0.15, 0.2) is 0 Å². The summed E-state index contributed by atoms with van der Waals surface area (Å²) in [5, 5.41) is 0.731. The molecular weight excluding hydrogens is 170 g/mol. The number of rotatable bonds is 2. The lowest BCUT2D eigenvalue weighted by Gasteiger charge is -2.26. The van der Waals surface area contributed by atoms with E-state index in [9.17, 15) is 4.21 Å². The molecule has 2 nitrogen and oxygen atoms in total. The van der Waals surface area contributed by atoms with E-state index in [1.165, 1.54) is 0 Å². The highest BCUT2D eigenvalue weighted by Crippen LogP contribution is 2.23. The number of hydrogen-bond donors (Lipinski definition) is 1. The quantitative estimate of drug-likeness (QED) is 0.714. The Kier molecular flexibility index (Phi) is 3.72. The van der Waals surface area contributed by atoms with Crippen molar-refractivity contribution in [3.63, 3.8) is 0 Å². The van der Waals surface area contributed by atoms with Crippen LogP contribution in [0.1, 0.15) is 39.5 Å². The Hall–Kier alpha value is 0.110. The summed E-state index contributed by atoms with van der Waals surface area (Å²) in [5.74, 6) is 0. The molecular formula is C9H19NOS. The third-order valence-electron chi connectivity index (χ3n) is 2.51. The van der Waals surface area contributed by atoms with Crippen LogP contribution in [0.25, 0.3) is 0 Å². The number of nitrogens with two attached hydrogens (primary N) is 1. The fraction of sp³-hybridized carbons (Fsp3) is 1.00. The summed E-state index contributed by atoms with van der Waals surface area (Å²) in [6.07, 6.45) is 4.24. The van der Waals surface area contributed by atoms with E-state index in [1.807, 2.05) is 13.8 Å². The third kappa shape index (κ3) is 2.56. The fourth-order valence-corrected chi connectivity index (χ4v) is 3.21. The second kappa shape index (κ2) is 4.38. The van der Waals surface area contributed by atoms with Crippen LogP contribution in [0, 0.1) is 0 Å². The van der Waals surface area contributed by atoms with E-state index in [1.54, 1.807) is 0 Å². The van der Waals surface area contributed by atoms with Crippen molar-refractivity contribution in [1.82, 2.24) is 0 Å². The molecule has 0 aromatic heterocycles. The largest absolute Gasteiger partial charge is 0.328 e. The van der Waals surface area contributed by atoms with Gasteiger partial charge in [-0.15, -0.1) is 0 Å². The highest BCUT2D eigenvalue weighted by Gasteiger charge is 2.24. The van der Waals surface area contributed by atoms with Gasteiger partial charge in [0.1, 0.15) is 0 Å². The monoisotopic (exact) mass is 189 g/mol. The maximum atomic E-state index is 11.7. The van der Waals surface area contributed by atoms with Crippen molar-refractivity contribution in [3.05, 3.63) is 0 Å². The SMILES string of the molecule is CC(C)S(=O)C1CCC(N)CC1. The standard InChI is InChI=1S/C9H19NOS/c1-7(2)12(11)9-5-3-8(10)4-6-9/h7-9H,3-6,10H2,1-2H3. The maximum absolute atomic E-state index is 11.7. The van der Waals surface area contributed by atoms with E-state index in [0.717, 1.165) is 25.7 Å². The molecule has 1 aliphatic carbocycles. The lowest BCUT2D eigenvalue weighted by Crippen LogP contribution is -2.33. The molecule has 0 amide bonds. The Morgan fingerprint density at radius 1 is 1.25 bits per heavy atom. The predicted octanol–water partition coefficient (Wildman–Crippen LogP) is 1.41. The van der Waals surface area contributed by atoms with Crippen LogP contribution in [0.2, 0.25) is 0 Å². The van der Waals surface area contributed by atoms with Crippen LogP contribution in [0.5, 0.6) is 0 Å². The minimum atomic E-state index is -0.629. The zero-order valence-electron chi connectivity index (χ0n) is 7.95. The Bertz CT molecular complexity index is 162. The predicted molar refractivity (Wildman–Crippen MR) is 53.5 cm³/mol. The highest BCUT2D eigenvalue weighted by atomic mass is 32.2. The minimum Gasteiger partial charge on any atom is -0.328 e. The van der Waals surface area contributed by atoms with Crippen LogP contribution in [0.3, 0.4) is 0 Å². The summed E-state index contributed by atoms with van der Waals surface area (Å²) in [7, 11) is -0.629. The third-order valence-corrected chi connectivity index (χ3v) is 4.57. The first-order valence-corrected chi connectivity index (χ1v) is 6.04. The van der Waals surface area contributed by atoms with E-state index < -0.39 is 10.8 Å². The summed E-state index contributed by atoms with van der Waals surface area (Å²) < 4.78 is 11.7. The van der Waals surface area contributed by atoms with Crippen molar-refractivity contribution in [3.8, 4) is 0 Å². The molecule has 0 radical (unpaired) electrons. The first kappa shape index (κ1) is 10.2. The molecule has 1 rings (SSSR count). The van der Waals surface area contributed by atoms with Gasteiger partial charge in [-0.25, -0.2) is 0 Å². The molecule has 1 aliphatic rings. The van der Waals surface area contributed by atoms with E-state index in [0.29, 0.717) is 16.5 Å². The van der Waals surface area contributed by atoms with E-state index in [-0.39, 0.29) is 0 Å². The molecule has 1 atom stereocenters. The van der Waals surface area contributed by atoms with Gasteiger partial charge in [0.15, 0.2) is 0 Å². The molecule has 3 heteroatoms. The Morgan fingerprint density at radius 3 is 2.17 bits per heavy atom. The molecule has 0 aliphatic heterocycles. The van der Waals surface area contributed by atoms with E-state index in [2.05, 4.69) is 0 Å². The summed E-state index contributed by atoms with van der Waals surface area (Å²) in [5.41, 5.74) is 5.77. The minimum absolute atomic E-state index is 0.310. The van der Waals surface area contributed by atoms with Gasteiger partial charge >= 0.3 is 0 Å². The van der Waals surface area contributed by atoms with E-state index in [4.69, 9.17) is 5.73 Å². The van der Waals surface area contributed by atoms with Gasteiger partial charge in [-0.3, -0.25) is 4.21 Å². The van der Waals surface area contributed by atoms with E-state index >= 15 is 0 Å². The van der Waals surface area contributed by atoms with Gasteiger partial charge in [0.05, 0.1) is 0 Å². The van der Waals surface area contributed by atoms with Crippen molar-refractivity contribution in [2.75, 3.05) is 0 Å². The van der Waals surface area contributed by atoms with Crippen LogP contribution >= 0.6 is 0 Å². The summed E-state index contributed by atoms with van der Waals surface area (Å²) in [4.78, 5) is 0. The average molecular weight is 189 g/mol. The van der Waals surface area contributed by atoms with Gasteiger partial charge in [0.2, 0.25) is 0 Å². The second-order valence-electron chi connectivity index (χ2n) is 3.91. The molecule has 0 bridgehead atoms. The molecule has 72 valence electrons. The highest BCUT2D eigenvalue weighted by molar-refractivity contribution is 7.86. The molecule has 0 aromatic rings. The summed E-state index contributed by atoms with van der Waals surface area (Å²) >= 11 is 0. The van der Waals surface area contributed by atoms with Crippen LogP contribution in [-0.4, -0.2) is 20.8 Å². The Balaban J connectivity index is 2.39. The van der Waals surface area contributed by atoms with Crippen molar-refractivity contribution in [2.24, 2.45) is 5.73 Å². The lowest BCUT2D eigenvalue weighted by atomic mass is 9.96. The van der Waals surface area contributed by atoms with Gasteiger partial charge in [-0.05, 0) is 25.7 Å². The van der Waals surface area contributed by atoms with Gasteiger partial charge in [0.25, 0.3) is 0 Å². The molecule has 0 aromatic carbocycles. The molecule has 12 heavy (non-hydrogen) atoms. The van der Waals surface area contributed by atoms with Crippen molar-refractivity contribution < 1.29 is 4.21 Å². The second-order valence-corrected chi connectivity index (χ2v) is 6.18. The average Bonchev–Trinajstić information content (AvgIpc) is 2.04. The molecule has 2 N–H and O–H groups in total. The molecule has 0 heterocycles. The molecule has 1 unspecified atom stereocenters. The molecule has 0 saturated heterocycles. The van der Waals surface area contributed by atoms with Crippen LogP contribution in [0.4, 0.5) is 0 Å². The van der Waals surface area contributed by atoms with Crippen LogP contribution in [-0.2, 0) is 10.8 Å². The lowest BCUT2D eigenvalue weighted by molar-refractivity contribution is 0.443. The zero-order valence-corrected chi connectivity index (χ0v) is 8.77. The van der Waals surface area contributed by atoms with Gasteiger partial charge in [-0.2, -0.15) is 0 Å². The molecule has 0 spiro atoms. The normalized spacial score (nSPS) is 33.7. The van der Waals surface area contributed by atoms with Gasteiger partial charge in [-0.1, -0.05) is 13.8 Å². The molecule has 1 fully saturated rings. The number of hydrogen-bond acceptors (Lipinski definition) is 2. The first-order valence-electron chi connectivity index (χ1n) is 4.76. The summed E-state index contributed by atoms with van der Waals surface area (Å²) in [6, 6.07) is 0.366. The van der Waals surface area contributed by atoms with Crippen molar-refractivity contribution in [2.45, 2.75) is 56.1 Å². The maximum Gasteiger partial charge on any atom is 0.0351 e. The fourth-order valence-electron chi connectivity index (χ4n) is 1.71. The van der Waals surface area contributed by atoms with Crippen molar-refractivity contribution >= 4 is 10.8 Å². The van der Waals surface area contributed by atoms with Gasteiger partial charge in [0, 0.05) is 27.3 Å². The van der Waals surface area contributed by atoms with Gasteiger partial charge < -0.3 is 5.73 Å². The first-order chi connectivity index (χ1) is 5.61. The summed E-state index contributed by atoms with van der Waals surface area (Å²) in [6.45, 7) is 4.06. The van der Waals surface area contributed by atoms with Crippen LogP contribution < -0.4 is 5.73 Å². The zero-order chi connectivity index (χ0) is 9.14.